The van der Waals surface area contributed by atoms with Crippen molar-refractivity contribution in [2.75, 3.05) is 0 Å². The van der Waals surface area contributed by atoms with Crippen molar-refractivity contribution in [2.24, 2.45) is 0 Å². The quantitative estimate of drug-likeness (QED) is 0.871. The van der Waals surface area contributed by atoms with Gasteiger partial charge in [-0.1, -0.05) is 12.1 Å². The summed E-state index contributed by atoms with van der Waals surface area (Å²) in [7, 11) is 0. The molecule has 0 spiro atoms. The summed E-state index contributed by atoms with van der Waals surface area (Å²) in [6.07, 6.45) is 0. The van der Waals surface area contributed by atoms with Gasteiger partial charge in [-0.2, -0.15) is 0 Å². The molecule has 0 radical (unpaired) electrons. The number of aromatic carboxylic acids is 1. The molecule has 104 valence electrons. The van der Waals surface area contributed by atoms with Crippen LogP contribution in [0.2, 0.25) is 0 Å². The first-order chi connectivity index (χ1) is 9.40. The molecule has 0 aliphatic heterocycles. The van der Waals surface area contributed by atoms with Gasteiger partial charge in [0.1, 0.15) is 11.5 Å². The number of carboxylic acids is 1. The van der Waals surface area contributed by atoms with E-state index in [-0.39, 0.29) is 5.56 Å². The monoisotopic (exact) mass is 334 g/mol. The molecule has 4 heteroatoms. The fourth-order valence-corrected chi connectivity index (χ4v) is 2.37. The Morgan fingerprint density at radius 1 is 1.10 bits per heavy atom. The molecule has 2 aromatic carbocycles. The Kier molecular flexibility index (Phi) is 4.14. The van der Waals surface area contributed by atoms with E-state index in [9.17, 15) is 4.79 Å². The lowest BCUT2D eigenvalue weighted by Crippen LogP contribution is -1.98. The maximum Gasteiger partial charge on any atom is 0.335 e. The predicted molar refractivity (Wildman–Crippen MR) is 81.8 cm³/mol. The van der Waals surface area contributed by atoms with Gasteiger partial charge in [0.2, 0.25) is 0 Å². The largest absolute Gasteiger partial charge is 0.478 e. The van der Waals surface area contributed by atoms with Gasteiger partial charge < -0.3 is 9.84 Å². The first-order valence-corrected chi connectivity index (χ1v) is 6.97. The van der Waals surface area contributed by atoms with Crippen molar-refractivity contribution in [3.63, 3.8) is 0 Å². The second-order valence-corrected chi connectivity index (χ2v) is 5.56. The molecule has 0 aromatic heterocycles. The molecule has 0 aliphatic rings. The standard InChI is InChI=1S/C16H15BrO3/c1-9-4-5-10(2)15(11(9)3)20-14-7-6-12(16(18)19)8-13(14)17/h4-8H,1-3H3,(H,18,19). The molecule has 3 nitrogen and oxygen atoms in total. The number of ether oxygens (including phenoxy) is 1. The number of hydrogen-bond donors (Lipinski definition) is 1. The SMILES string of the molecule is Cc1ccc(C)c(Oc2ccc(C(=O)O)cc2Br)c1C. The highest BCUT2D eigenvalue weighted by molar-refractivity contribution is 9.10. The van der Waals surface area contributed by atoms with Crippen LogP contribution in [0.3, 0.4) is 0 Å². The molecule has 0 bridgehead atoms. The summed E-state index contributed by atoms with van der Waals surface area (Å²) in [5.74, 6) is 0.459. The summed E-state index contributed by atoms with van der Waals surface area (Å²) in [5.41, 5.74) is 3.51. The molecular weight excluding hydrogens is 320 g/mol. The lowest BCUT2D eigenvalue weighted by atomic mass is 10.1. The van der Waals surface area contributed by atoms with Gasteiger partial charge in [-0.3, -0.25) is 0 Å². The van der Waals surface area contributed by atoms with Gasteiger partial charge in [0, 0.05) is 0 Å². The van der Waals surface area contributed by atoms with Crippen LogP contribution in [0.4, 0.5) is 0 Å². The van der Waals surface area contributed by atoms with Crippen molar-refractivity contribution in [3.8, 4) is 11.5 Å². The third kappa shape index (κ3) is 2.85. The third-order valence-electron chi connectivity index (χ3n) is 3.26. The van der Waals surface area contributed by atoms with E-state index in [1.54, 1.807) is 6.07 Å². The average molecular weight is 335 g/mol. The zero-order chi connectivity index (χ0) is 14.9. The van der Waals surface area contributed by atoms with Gasteiger partial charge in [-0.05, 0) is 71.6 Å². The van der Waals surface area contributed by atoms with Crippen molar-refractivity contribution in [1.82, 2.24) is 0 Å². The van der Waals surface area contributed by atoms with Crippen LogP contribution in [0.5, 0.6) is 11.5 Å². The second-order valence-electron chi connectivity index (χ2n) is 4.71. The Hall–Kier alpha value is -1.81. The molecule has 20 heavy (non-hydrogen) atoms. The maximum absolute atomic E-state index is 10.9. The van der Waals surface area contributed by atoms with Crippen LogP contribution in [0.1, 0.15) is 27.0 Å². The van der Waals surface area contributed by atoms with Crippen LogP contribution in [-0.4, -0.2) is 11.1 Å². The second kappa shape index (κ2) is 5.67. The van der Waals surface area contributed by atoms with Gasteiger partial charge in [0.15, 0.2) is 0 Å². The highest BCUT2D eigenvalue weighted by Crippen LogP contribution is 2.35. The fraction of sp³-hybridized carbons (Fsp3) is 0.188. The normalized spacial score (nSPS) is 10.4. The van der Waals surface area contributed by atoms with E-state index in [0.29, 0.717) is 10.2 Å². The van der Waals surface area contributed by atoms with Gasteiger partial charge in [0.25, 0.3) is 0 Å². The van der Waals surface area contributed by atoms with E-state index in [1.165, 1.54) is 12.1 Å². The minimum absolute atomic E-state index is 0.224. The summed E-state index contributed by atoms with van der Waals surface area (Å²) >= 11 is 3.35. The highest BCUT2D eigenvalue weighted by Gasteiger charge is 2.12. The number of benzene rings is 2. The lowest BCUT2D eigenvalue weighted by molar-refractivity contribution is 0.0697. The van der Waals surface area contributed by atoms with Gasteiger partial charge in [0.05, 0.1) is 10.0 Å². The van der Waals surface area contributed by atoms with Crippen LogP contribution in [0.25, 0.3) is 0 Å². The first-order valence-electron chi connectivity index (χ1n) is 6.17. The van der Waals surface area contributed by atoms with Crippen LogP contribution in [0.15, 0.2) is 34.8 Å². The molecule has 0 amide bonds. The topological polar surface area (TPSA) is 46.5 Å². The van der Waals surface area contributed by atoms with E-state index in [2.05, 4.69) is 22.0 Å². The number of aryl methyl sites for hydroxylation is 2. The van der Waals surface area contributed by atoms with Crippen molar-refractivity contribution >= 4 is 21.9 Å². The Labute approximate surface area is 126 Å². The van der Waals surface area contributed by atoms with E-state index in [4.69, 9.17) is 9.84 Å². The summed E-state index contributed by atoms with van der Waals surface area (Å²) in [4.78, 5) is 10.9. The van der Waals surface area contributed by atoms with E-state index in [0.717, 1.165) is 22.4 Å². The zero-order valence-electron chi connectivity index (χ0n) is 11.5. The lowest BCUT2D eigenvalue weighted by Gasteiger charge is -2.14. The molecule has 0 saturated carbocycles. The summed E-state index contributed by atoms with van der Waals surface area (Å²) in [6.45, 7) is 6.03. The molecule has 2 aromatic rings. The van der Waals surface area contributed by atoms with E-state index < -0.39 is 5.97 Å². The predicted octanol–water partition coefficient (Wildman–Crippen LogP) is 4.86. The Morgan fingerprint density at radius 2 is 1.75 bits per heavy atom. The van der Waals surface area contributed by atoms with Crippen LogP contribution < -0.4 is 4.74 Å². The van der Waals surface area contributed by atoms with Crippen LogP contribution in [-0.2, 0) is 0 Å². The van der Waals surface area contributed by atoms with Crippen molar-refractivity contribution in [3.05, 3.63) is 57.1 Å². The number of rotatable bonds is 3. The zero-order valence-corrected chi connectivity index (χ0v) is 13.1. The van der Waals surface area contributed by atoms with Gasteiger partial charge in [-0.25, -0.2) is 4.79 Å². The molecule has 0 heterocycles. The summed E-state index contributed by atoms with van der Waals surface area (Å²) < 4.78 is 6.57. The van der Waals surface area contributed by atoms with Crippen LogP contribution in [0, 0.1) is 20.8 Å². The highest BCUT2D eigenvalue weighted by atomic mass is 79.9. The molecule has 0 saturated heterocycles. The minimum atomic E-state index is -0.958. The number of carboxylic acid groups (broad SMARTS) is 1. The number of halogens is 1. The smallest absolute Gasteiger partial charge is 0.335 e. The molecule has 0 atom stereocenters. The molecule has 0 fully saturated rings. The minimum Gasteiger partial charge on any atom is -0.478 e. The molecular formula is C16H15BrO3. The first kappa shape index (κ1) is 14.6. The average Bonchev–Trinajstić information content (AvgIpc) is 2.40. The van der Waals surface area contributed by atoms with Crippen molar-refractivity contribution < 1.29 is 14.6 Å². The number of carbonyl (C=O) groups is 1. The van der Waals surface area contributed by atoms with E-state index >= 15 is 0 Å². The van der Waals surface area contributed by atoms with Crippen molar-refractivity contribution in [1.29, 1.82) is 0 Å². The maximum atomic E-state index is 10.9. The Morgan fingerprint density at radius 3 is 2.35 bits per heavy atom. The third-order valence-corrected chi connectivity index (χ3v) is 3.88. The van der Waals surface area contributed by atoms with Crippen molar-refractivity contribution in [2.45, 2.75) is 20.8 Å². The van der Waals surface area contributed by atoms with Gasteiger partial charge in [-0.15, -0.1) is 0 Å². The molecule has 0 unspecified atom stereocenters. The summed E-state index contributed by atoms with van der Waals surface area (Å²) in [6, 6.07) is 8.80. The Balaban J connectivity index is 2.41. The van der Waals surface area contributed by atoms with E-state index in [1.807, 2.05) is 26.8 Å². The molecule has 0 aliphatic carbocycles. The van der Waals surface area contributed by atoms with Crippen LogP contribution >= 0.6 is 15.9 Å². The molecule has 1 N–H and O–H groups in total. The summed E-state index contributed by atoms with van der Waals surface area (Å²) in [5, 5.41) is 8.95. The van der Waals surface area contributed by atoms with Gasteiger partial charge >= 0.3 is 5.97 Å². The fourth-order valence-electron chi connectivity index (χ4n) is 1.91. The molecule has 2 rings (SSSR count). The number of hydrogen-bond acceptors (Lipinski definition) is 2. The Bertz CT molecular complexity index is 678.